The van der Waals surface area contributed by atoms with Crippen LogP contribution in [0, 0.1) is 17.9 Å². The quantitative estimate of drug-likeness (QED) is 0.156. The topological polar surface area (TPSA) is 68.7 Å². The van der Waals surface area contributed by atoms with Crippen LogP contribution >= 0.6 is 0 Å². The highest BCUT2D eigenvalue weighted by Crippen LogP contribution is 2.39. The van der Waals surface area contributed by atoms with Crippen molar-refractivity contribution in [3.05, 3.63) is 229 Å². The first-order chi connectivity index (χ1) is 33.1. The minimum Gasteiger partial charge on any atom is -0.309 e. The van der Waals surface area contributed by atoms with E-state index in [2.05, 4.69) is 219 Å². The lowest BCUT2D eigenvalue weighted by molar-refractivity contribution is 1.13. The van der Waals surface area contributed by atoms with Gasteiger partial charge in [0.25, 0.3) is 0 Å². The third-order valence-corrected chi connectivity index (χ3v) is 13.0. The van der Waals surface area contributed by atoms with E-state index in [1.165, 1.54) is 32.3 Å². The minimum absolute atomic E-state index is 0.349. The Bertz CT molecular complexity index is 3920. The molecular weight excluding hydrogens is 819 g/mol. The first kappa shape index (κ1) is 37.9. The average Bonchev–Trinajstić information content (AvgIpc) is 4.04. The fourth-order valence-electron chi connectivity index (χ4n) is 10.1. The molecule has 9 aromatic carbocycles. The van der Waals surface area contributed by atoms with Crippen molar-refractivity contribution in [1.82, 2.24) is 23.7 Å². The Kier molecular flexibility index (Phi) is 8.51. The van der Waals surface area contributed by atoms with Gasteiger partial charge in [0.15, 0.2) is 11.5 Å². The Morgan fingerprint density at radius 3 is 1.16 bits per heavy atom. The SMILES string of the molecule is [C-]#[N+]c1cc(C#N)cc(-c2nc(-c3ccc(-n4c5ccccc5c5ccccc54)cc3)cc(-c3cc(-n4c5ccccc5c5ccccc54)cc(-n4c5ccccc5c5ccccc54)c3)n2)c1. The van der Waals surface area contributed by atoms with Crippen molar-refractivity contribution in [2.45, 2.75) is 0 Å². The maximum atomic E-state index is 10.1. The van der Waals surface area contributed by atoms with Gasteiger partial charge in [-0.3, -0.25) is 0 Å². The molecule has 0 fully saturated rings. The monoisotopic (exact) mass is 853 g/mol. The molecule has 7 heteroatoms. The van der Waals surface area contributed by atoms with Crippen LogP contribution in [0.3, 0.4) is 0 Å². The molecule has 0 bridgehead atoms. The molecule has 67 heavy (non-hydrogen) atoms. The summed E-state index contributed by atoms with van der Waals surface area (Å²) >= 11 is 0. The predicted octanol–water partition coefficient (Wildman–Crippen LogP) is 15.2. The van der Waals surface area contributed by atoms with Crippen LogP contribution in [0.5, 0.6) is 0 Å². The van der Waals surface area contributed by atoms with Gasteiger partial charge in [0, 0.05) is 71.6 Å². The molecule has 13 aromatic rings. The fraction of sp³-hybridized carbons (Fsp3) is 0. The standard InChI is InChI=1S/C60H35N7/c1-62-42-31-38(37-61)30-41(32-42)60-63-52(39-26-28-43(29-27-39)65-54-20-8-2-14-46(54)47-15-3-9-21-55(47)65)36-53(64-60)40-33-44(66-56-22-10-4-16-48(56)49-17-5-11-23-57(49)66)35-45(34-40)67-58-24-12-6-18-50(58)51-19-7-13-25-59(51)67/h2-36H. The third-order valence-electron chi connectivity index (χ3n) is 13.0. The molecule has 4 heterocycles. The zero-order valence-corrected chi connectivity index (χ0v) is 35.8. The number of fused-ring (bicyclic) bond motifs is 9. The van der Waals surface area contributed by atoms with E-state index in [0.717, 1.165) is 61.3 Å². The van der Waals surface area contributed by atoms with Crippen molar-refractivity contribution >= 4 is 71.1 Å². The summed E-state index contributed by atoms with van der Waals surface area (Å²) in [6.45, 7) is 7.89. The number of rotatable bonds is 6. The number of hydrogen-bond donors (Lipinski definition) is 0. The predicted molar refractivity (Wildman–Crippen MR) is 272 cm³/mol. The van der Waals surface area contributed by atoms with Gasteiger partial charge in [0.1, 0.15) is 0 Å². The van der Waals surface area contributed by atoms with Gasteiger partial charge in [-0.25, -0.2) is 14.8 Å². The van der Waals surface area contributed by atoms with Crippen molar-refractivity contribution in [2.75, 3.05) is 0 Å². The molecule has 0 saturated heterocycles. The highest BCUT2D eigenvalue weighted by molar-refractivity contribution is 6.11. The molecule has 0 amide bonds. The Hall–Kier alpha value is -9.56. The van der Waals surface area contributed by atoms with Gasteiger partial charge in [-0.2, -0.15) is 5.26 Å². The number of para-hydroxylation sites is 6. The summed E-state index contributed by atoms with van der Waals surface area (Å²) < 4.78 is 7.00. The van der Waals surface area contributed by atoms with E-state index >= 15 is 0 Å². The molecule has 0 spiro atoms. The second kappa shape index (κ2) is 15.0. The van der Waals surface area contributed by atoms with Crippen molar-refractivity contribution < 1.29 is 0 Å². The van der Waals surface area contributed by atoms with Crippen LogP contribution in [-0.2, 0) is 0 Å². The largest absolute Gasteiger partial charge is 0.309 e. The number of hydrogen-bond acceptors (Lipinski definition) is 3. The zero-order valence-electron chi connectivity index (χ0n) is 35.8. The Morgan fingerprint density at radius 1 is 0.373 bits per heavy atom. The number of nitriles is 1. The van der Waals surface area contributed by atoms with Gasteiger partial charge in [-0.05, 0) is 91.0 Å². The molecule has 0 N–H and O–H groups in total. The molecule has 0 radical (unpaired) electrons. The number of benzene rings is 9. The minimum atomic E-state index is 0.349. The summed E-state index contributed by atoms with van der Waals surface area (Å²) in [5.74, 6) is 0.418. The summed E-state index contributed by atoms with van der Waals surface area (Å²) in [5.41, 5.74) is 14.2. The summed E-state index contributed by atoms with van der Waals surface area (Å²) in [7, 11) is 0. The van der Waals surface area contributed by atoms with Crippen molar-refractivity contribution in [2.24, 2.45) is 0 Å². The van der Waals surface area contributed by atoms with E-state index < -0.39 is 0 Å². The first-order valence-electron chi connectivity index (χ1n) is 22.2. The van der Waals surface area contributed by atoms with Crippen LogP contribution in [0.4, 0.5) is 5.69 Å². The lowest BCUT2D eigenvalue weighted by atomic mass is 10.0. The molecule has 13 rings (SSSR count). The van der Waals surface area contributed by atoms with E-state index in [1.807, 2.05) is 0 Å². The van der Waals surface area contributed by atoms with Gasteiger partial charge in [-0.1, -0.05) is 121 Å². The van der Waals surface area contributed by atoms with E-state index in [9.17, 15) is 5.26 Å². The van der Waals surface area contributed by atoms with Gasteiger partial charge < -0.3 is 13.7 Å². The highest BCUT2D eigenvalue weighted by Gasteiger charge is 2.20. The summed E-state index contributed by atoms with van der Waals surface area (Å²) in [5, 5.41) is 17.2. The number of aromatic nitrogens is 5. The lowest BCUT2D eigenvalue weighted by Crippen LogP contribution is -2.02. The highest BCUT2D eigenvalue weighted by atomic mass is 15.0. The zero-order chi connectivity index (χ0) is 44.6. The maximum Gasteiger partial charge on any atom is 0.189 e. The molecular formula is C60H35N7. The van der Waals surface area contributed by atoms with Gasteiger partial charge in [-0.15, -0.1) is 0 Å². The number of nitrogens with zero attached hydrogens (tertiary/aromatic N) is 7. The van der Waals surface area contributed by atoms with Crippen LogP contribution in [0.25, 0.3) is 121 Å². The maximum absolute atomic E-state index is 10.1. The summed E-state index contributed by atoms with van der Waals surface area (Å²) in [6, 6.07) is 75.9. The normalized spacial score (nSPS) is 11.6. The van der Waals surface area contributed by atoms with Crippen LogP contribution in [-0.4, -0.2) is 23.7 Å². The third kappa shape index (κ3) is 6.04. The molecule has 0 atom stereocenters. The second-order valence-corrected chi connectivity index (χ2v) is 16.8. The van der Waals surface area contributed by atoms with E-state index in [1.54, 1.807) is 18.2 Å². The van der Waals surface area contributed by atoms with E-state index in [-0.39, 0.29) is 0 Å². The Balaban J connectivity index is 1.07. The average molecular weight is 854 g/mol. The first-order valence-corrected chi connectivity index (χ1v) is 22.2. The van der Waals surface area contributed by atoms with Crippen molar-refractivity contribution in [1.29, 1.82) is 5.26 Å². The molecule has 0 unspecified atom stereocenters. The van der Waals surface area contributed by atoms with E-state index in [0.29, 0.717) is 34.0 Å². The lowest BCUT2D eigenvalue weighted by Gasteiger charge is -2.16. The van der Waals surface area contributed by atoms with Crippen molar-refractivity contribution in [3.63, 3.8) is 0 Å². The molecule has 0 aliphatic rings. The van der Waals surface area contributed by atoms with Crippen LogP contribution in [0.15, 0.2) is 212 Å². The van der Waals surface area contributed by atoms with Crippen molar-refractivity contribution in [3.8, 4) is 57.0 Å². The fourth-order valence-corrected chi connectivity index (χ4v) is 10.1. The van der Waals surface area contributed by atoms with Gasteiger partial charge in [0.2, 0.25) is 0 Å². The second-order valence-electron chi connectivity index (χ2n) is 16.8. The van der Waals surface area contributed by atoms with Crippen LogP contribution in [0.2, 0.25) is 0 Å². The molecule has 4 aromatic heterocycles. The van der Waals surface area contributed by atoms with Gasteiger partial charge >= 0.3 is 0 Å². The smallest absolute Gasteiger partial charge is 0.189 e. The molecule has 310 valence electrons. The molecule has 0 aliphatic carbocycles. The molecule has 7 nitrogen and oxygen atoms in total. The van der Waals surface area contributed by atoms with Crippen LogP contribution < -0.4 is 0 Å². The summed E-state index contributed by atoms with van der Waals surface area (Å²) in [4.78, 5) is 14.3. The molecule has 0 aliphatic heterocycles. The Labute approximate surface area is 384 Å². The van der Waals surface area contributed by atoms with Gasteiger partial charge in [0.05, 0.1) is 57.1 Å². The molecule has 0 saturated carbocycles. The summed E-state index contributed by atoms with van der Waals surface area (Å²) in [6.07, 6.45) is 0. The Morgan fingerprint density at radius 2 is 0.761 bits per heavy atom. The van der Waals surface area contributed by atoms with E-state index in [4.69, 9.17) is 16.5 Å². The van der Waals surface area contributed by atoms with Crippen LogP contribution in [0.1, 0.15) is 5.56 Å².